The Morgan fingerprint density at radius 1 is 0.276 bits per heavy atom. The van der Waals surface area contributed by atoms with Crippen LogP contribution in [0, 0.1) is 0 Å². The Hall–Kier alpha value is -6.38. The van der Waals surface area contributed by atoms with Crippen molar-refractivity contribution in [1.82, 2.24) is 31.1 Å². The zero-order valence-electron chi connectivity index (χ0n) is 57.1. The number of hydrogen-bond donors (Lipinski definition) is 4. The predicted molar refractivity (Wildman–Crippen MR) is 357 cm³/mol. The van der Waals surface area contributed by atoms with E-state index in [-0.39, 0.29) is 102 Å². The predicted octanol–water partition coefficient (Wildman–Crippen LogP) is 2.82. The van der Waals surface area contributed by atoms with Crippen molar-refractivity contribution in [2.45, 2.75) is 38.8 Å². The van der Waals surface area contributed by atoms with Crippen LogP contribution in [0.15, 0.2) is 44.7 Å². The fourth-order valence-electron chi connectivity index (χ4n) is 7.88. The highest BCUT2D eigenvalue weighted by molar-refractivity contribution is 5.77. The van der Waals surface area contributed by atoms with Crippen molar-refractivity contribution >= 4 is 23.6 Å². The summed E-state index contributed by atoms with van der Waals surface area (Å²) in [5.74, 6) is -0.665. The van der Waals surface area contributed by atoms with E-state index in [1.165, 1.54) is 0 Å². The molecule has 0 saturated heterocycles. The Bertz CT molecular complexity index is 2000. The molecule has 98 heavy (non-hydrogen) atoms. The molecule has 0 unspecified atom stereocenters. The highest BCUT2D eigenvalue weighted by atomic mass is 16.6. The number of benzene rings is 1. The summed E-state index contributed by atoms with van der Waals surface area (Å²) in [6.45, 7) is 16.5. The molecule has 0 fully saturated rings. The monoisotopic (exact) mass is 1400 g/mol. The molecule has 0 aliphatic carbocycles. The lowest BCUT2D eigenvalue weighted by Crippen LogP contribution is -2.39. The number of rotatable bonds is 76. The zero-order chi connectivity index (χ0) is 70.6. The van der Waals surface area contributed by atoms with Crippen LogP contribution in [0.5, 0.6) is 0 Å². The van der Waals surface area contributed by atoms with Crippen molar-refractivity contribution in [2.24, 2.45) is 20.5 Å². The van der Waals surface area contributed by atoms with Gasteiger partial charge in [-0.2, -0.15) is 0 Å². The van der Waals surface area contributed by atoms with E-state index < -0.39 is 0 Å². The van der Waals surface area contributed by atoms with Crippen LogP contribution < -0.4 is 21.3 Å². The molecule has 38 heteroatoms. The lowest BCUT2D eigenvalue weighted by atomic mass is 10.1. The number of nitrogens with zero attached hydrogens (tertiary/aromatic N) is 14. The Morgan fingerprint density at radius 2 is 0.439 bits per heavy atom. The summed E-state index contributed by atoms with van der Waals surface area (Å²) in [6.07, 6.45) is 0.657. The lowest BCUT2D eigenvalue weighted by Gasteiger charge is -2.24. The van der Waals surface area contributed by atoms with Gasteiger partial charge in [0.2, 0.25) is 23.6 Å². The van der Waals surface area contributed by atoms with Gasteiger partial charge in [0.1, 0.15) is 0 Å². The van der Waals surface area contributed by atoms with E-state index in [9.17, 15) is 19.2 Å². The van der Waals surface area contributed by atoms with Gasteiger partial charge < -0.3 is 97.1 Å². The maximum atomic E-state index is 12.8. The molecule has 0 aliphatic heterocycles. The molecule has 38 nitrogen and oxygen atoms in total. The fraction of sp³-hybridized carbons (Fsp3) is 0.833. The summed E-state index contributed by atoms with van der Waals surface area (Å²) >= 11 is 0. The first-order chi connectivity index (χ1) is 48.3. The van der Waals surface area contributed by atoms with Crippen molar-refractivity contribution in [1.29, 1.82) is 0 Å². The van der Waals surface area contributed by atoms with E-state index in [1.54, 1.807) is 0 Å². The second kappa shape index (κ2) is 73.3. The number of azide groups is 4. The lowest BCUT2D eigenvalue weighted by molar-refractivity contribution is -0.123. The second-order valence-electron chi connectivity index (χ2n) is 20.4. The number of ether oxygens (including phenoxy) is 16. The molecule has 558 valence electrons. The van der Waals surface area contributed by atoms with Gasteiger partial charge in [-0.3, -0.25) is 29.0 Å². The average Bonchev–Trinajstić information content (AvgIpc) is 0.950. The molecule has 4 N–H and O–H groups in total. The van der Waals surface area contributed by atoms with Gasteiger partial charge in [0.15, 0.2) is 0 Å². The number of carbonyl (C=O) groups is 4. The topological polar surface area (TPSA) is 466 Å². The first kappa shape index (κ1) is 89.6. The van der Waals surface area contributed by atoms with Gasteiger partial charge in [-0.15, -0.1) is 0 Å². The van der Waals surface area contributed by atoms with E-state index in [2.05, 4.69) is 71.2 Å². The summed E-state index contributed by atoms with van der Waals surface area (Å²) in [5.41, 5.74) is 35.2. The van der Waals surface area contributed by atoms with Crippen LogP contribution in [0.25, 0.3) is 41.8 Å². The zero-order valence-corrected chi connectivity index (χ0v) is 57.1. The summed E-state index contributed by atoms with van der Waals surface area (Å²) < 4.78 is 87.4. The Morgan fingerprint density at radius 3 is 0.612 bits per heavy atom. The first-order valence-corrected chi connectivity index (χ1v) is 33.2. The van der Waals surface area contributed by atoms with Gasteiger partial charge in [-0.1, -0.05) is 44.7 Å². The van der Waals surface area contributed by atoms with E-state index in [0.29, 0.717) is 250 Å². The van der Waals surface area contributed by atoms with Crippen LogP contribution >= 0.6 is 0 Å². The normalized spacial score (nSPS) is 11.0. The molecular weight excluding hydrogens is 1290 g/mol. The maximum Gasteiger partial charge on any atom is 0.222 e. The Balaban J connectivity index is 2.78. The largest absolute Gasteiger partial charge is 0.379 e. The molecule has 0 saturated carbocycles. The summed E-state index contributed by atoms with van der Waals surface area (Å²) in [7, 11) is 0. The smallest absolute Gasteiger partial charge is 0.222 e. The molecule has 0 spiro atoms. The highest BCUT2D eigenvalue weighted by Crippen LogP contribution is 2.11. The third kappa shape index (κ3) is 65.6. The molecule has 1 aromatic carbocycles. The molecule has 1 aromatic rings. The van der Waals surface area contributed by atoms with Crippen LogP contribution in [0.2, 0.25) is 0 Å². The van der Waals surface area contributed by atoms with Crippen molar-refractivity contribution in [3.63, 3.8) is 0 Å². The number of amides is 4. The van der Waals surface area contributed by atoms with Crippen LogP contribution in [0.3, 0.4) is 0 Å². The summed E-state index contributed by atoms with van der Waals surface area (Å²) in [6, 6.07) is 8.14. The molecule has 4 amide bonds. The third-order valence-electron chi connectivity index (χ3n) is 12.8. The minimum Gasteiger partial charge on any atom is -0.379 e. The van der Waals surface area contributed by atoms with Gasteiger partial charge >= 0.3 is 0 Å². The van der Waals surface area contributed by atoms with Crippen molar-refractivity contribution in [2.75, 3.05) is 290 Å². The van der Waals surface area contributed by atoms with Crippen LogP contribution in [0.4, 0.5) is 0 Å². The van der Waals surface area contributed by atoms with Gasteiger partial charge in [-0.05, 0) is 33.3 Å². The van der Waals surface area contributed by atoms with Crippen LogP contribution in [-0.2, 0) is 108 Å². The van der Waals surface area contributed by atoms with Crippen molar-refractivity contribution < 1.29 is 95.0 Å². The van der Waals surface area contributed by atoms with Crippen LogP contribution in [0.1, 0.15) is 36.8 Å². The molecule has 0 radical (unpaired) electrons. The number of nitrogens with one attached hydrogen (secondary N) is 4. The van der Waals surface area contributed by atoms with Crippen molar-refractivity contribution in [3.8, 4) is 0 Å². The van der Waals surface area contributed by atoms with E-state index in [1.807, 2.05) is 24.3 Å². The molecule has 1 rings (SSSR count). The second-order valence-corrected chi connectivity index (χ2v) is 20.4. The van der Waals surface area contributed by atoms with Crippen LogP contribution in [-0.4, -0.2) is 323 Å². The summed E-state index contributed by atoms with van der Waals surface area (Å²) in [5, 5.41) is 25.5. The minimum absolute atomic E-state index is 0.164. The summed E-state index contributed by atoms with van der Waals surface area (Å²) in [4.78, 5) is 66.3. The number of carbonyl (C=O) groups excluding carboxylic acids is 4. The molecule has 0 aromatic heterocycles. The molecular formula is C60H108N18O20. The minimum atomic E-state index is -0.166. The van der Waals surface area contributed by atoms with E-state index in [0.717, 1.165) is 11.1 Å². The Kier molecular flexibility index (Phi) is 67.1. The fourth-order valence-corrected chi connectivity index (χ4v) is 7.88. The first-order valence-electron chi connectivity index (χ1n) is 33.2. The van der Waals surface area contributed by atoms with Gasteiger partial charge in [0.25, 0.3) is 0 Å². The van der Waals surface area contributed by atoms with E-state index in [4.69, 9.17) is 97.9 Å². The highest BCUT2D eigenvalue weighted by Gasteiger charge is 2.13. The molecule has 0 heterocycles. The SMILES string of the molecule is [N-]=[N+]=NCCOCCOCCOCCOCCC(=O)NCCN(CCNC(=O)CCOCCOCCOCCOCCN=[N+]=[N-])Cc1ccc(CN(CCNC(=O)CCOCCOCCOCCOCCN=[N+]=[N-])CCNC(=O)CCOCCOCCOCCOCCN=[N+]=[N-])cc1. The standard InChI is InChI=1S/C60H108N18O20/c61-73-69-13-25-87-33-41-95-49-45-91-37-29-83-21-5-57(79)65-9-17-77(18-10-66-58(80)6-22-84-30-38-92-46-50-96-42-34-88-26-14-70-74-62)53-55-1-2-56(4-3-55)54-78(19-11-67-59(81)7-23-85-31-39-93-47-51-97-43-35-89-27-15-71-75-63)20-12-68-60(82)8-24-86-32-40-94-48-52-98-44-36-90-28-16-72-76-64/h1-4H,5-54H2,(H,65,79)(H,66,80)(H,67,81)(H,68,82). The van der Waals surface area contributed by atoms with Crippen molar-refractivity contribution in [3.05, 3.63) is 77.2 Å². The van der Waals surface area contributed by atoms with E-state index >= 15 is 0 Å². The van der Waals surface area contributed by atoms with Gasteiger partial charge in [0, 0.05) is 137 Å². The molecule has 0 aliphatic rings. The number of hydrogen-bond acceptors (Lipinski definition) is 26. The molecule has 0 bridgehead atoms. The maximum absolute atomic E-state index is 12.8. The quantitative estimate of drug-likeness (QED) is 0.0315. The van der Waals surface area contributed by atoms with Gasteiger partial charge in [0.05, 0.1) is 211 Å². The third-order valence-corrected chi connectivity index (χ3v) is 12.8. The van der Waals surface area contributed by atoms with Gasteiger partial charge in [-0.25, -0.2) is 0 Å². The molecule has 0 atom stereocenters. The Labute approximate surface area is 574 Å². The average molecular weight is 1400 g/mol.